The normalized spacial score (nSPS) is 11.4. The molecule has 0 radical (unpaired) electrons. The van der Waals surface area contributed by atoms with E-state index >= 15 is 0 Å². The lowest BCUT2D eigenvalue weighted by Crippen LogP contribution is -2.10. The lowest BCUT2D eigenvalue weighted by molar-refractivity contribution is 1.27. The Balaban J connectivity index is 1.10. The van der Waals surface area contributed by atoms with E-state index in [2.05, 4.69) is 242 Å². The quantitative estimate of drug-likeness (QED) is 0.115. The lowest BCUT2D eigenvalue weighted by Gasteiger charge is -2.27. The molecule has 2 heteroatoms. The van der Waals surface area contributed by atoms with Crippen molar-refractivity contribution in [2.45, 2.75) is 13.8 Å². The van der Waals surface area contributed by atoms with Crippen LogP contribution in [0.2, 0.25) is 0 Å². The summed E-state index contributed by atoms with van der Waals surface area (Å²) in [6.45, 7) is 8.10. The van der Waals surface area contributed by atoms with Gasteiger partial charge in [-0.2, -0.15) is 0 Å². The second-order valence-corrected chi connectivity index (χ2v) is 14.3. The van der Waals surface area contributed by atoms with Gasteiger partial charge in [-0.05, 0) is 137 Å². The molecule has 2 nitrogen and oxygen atoms in total. The maximum atomic E-state index is 3.92. The van der Waals surface area contributed by atoms with Gasteiger partial charge in [0.25, 0.3) is 0 Å². The van der Waals surface area contributed by atoms with Gasteiger partial charge < -0.3 is 9.80 Å². The van der Waals surface area contributed by atoms with Crippen LogP contribution in [0, 0.1) is 6.92 Å². The summed E-state index contributed by atoms with van der Waals surface area (Å²) >= 11 is 0. The SMILES string of the molecule is C=C/C=C(\C=C/C)c1ccc(N(c2ccc(-c3ccccc3)cc2)c2ccc(-c3ccc(N(c4ccc(-c5ccccc5)cc4)c4cccc(C)c4)cc3)cc2)cc1. The molecular formula is C56H46N2. The van der Waals surface area contributed by atoms with Crippen LogP contribution in [-0.4, -0.2) is 0 Å². The maximum absolute atomic E-state index is 3.92. The van der Waals surface area contributed by atoms with E-state index in [1.807, 2.05) is 19.1 Å². The van der Waals surface area contributed by atoms with Crippen LogP contribution in [-0.2, 0) is 0 Å². The highest BCUT2D eigenvalue weighted by Gasteiger charge is 2.16. The van der Waals surface area contributed by atoms with Crippen LogP contribution in [0.25, 0.3) is 39.0 Å². The van der Waals surface area contributed by atoms with Crippen molar-refractivity contribution in [1.82, 2.24) is 0 Å². The van der Waals surface area contributed by atoms with Crippen molar-refractivity contribution >= 4 is 39.7 Å². The number of allylic oxidation sites excluding steroid dienone is 5. The minimum absolute atomic E-state index is 1.08. The fraction of sp³-hybridized carbons (Fsp3) is 0.0357. The zero-order chi connectivity index (χ0) is 39.7. The summed E-state index contributed by atoms with van der Waals surface area (Å²) in [6, 6.07) is 74.0. The predicted octanol–water partition coefficient (Wildman–Crippen LogP) is 16.1. The highest BCUT2D eigenvalue weighted by Crippen LogP contribution is 2.39. The molecule has 0 amide bonds. The summed E-state index contributed by atoms with van der Waals surface area (Å²) in [5, 5.41) is 0. The fourth-order valence-electron chi connectivity index (χ4n) is 7.49. The first-order valence-electron chi connectivity index (χ1n) is 19.8. The third-order valence-electron chi connectivity index (χ3n) is 10.4. The summed E-state index contributed by atoms with van der Waals surface area (Å²) < 4.78 is 0. The average Bonchev–Trinajstić information content (AvgIpc) is 3.28. The Morgan fingerprint density at radius 1 is 0.397 bits per heavy atom. The Hall–Kier alpha value is -7.42. The van der Waals surface area contributed by atoms with E-state index in [0.717, 1.165) is 56.4 Å². The Morgan fingerprint density at radius 3 is 1.12 bits per heavy atom. The van der Waals surface area contributed by atoms with Gasteiger partial charge in [0.2, 0.25) is 0 Å². The molecule has 8 aromatic rings. The third kappa shape index (κ3) is 8.38. The number of anilines is 6. The van der Waals surface area contributed by atoms with Crippen LogP contribution in [0.5, 0.6) is 0 Å². The van der Waals surface area contributed by atoms with Crippen molar-refractivity contribution in [1.29, 1.82) is 0 Å². The minimum Gasteiger partial charge on any atom is -0.311 e. The van der Waals surface area contributed by atoms with Crippen molar-refractivity contribution in [2.75, 3.05) is 9.80 Å². The van der Waals surface area contributed by atoms with Gasteiger partial charge >= 0.3 is 0 Å². The van der Waals surface area contributed by atoms with Gasteiger partial charge in [0.05, 0.1) is 0 Å². The van der Waals surface area contributed by atoms with Crippen molar-refractivity contribution in [3.8, 4) is 33.4 Å². The zero-order valence-corrected chi connectivity index (χ0v) is 33.0. The summed E-state index contributed by atoms with van der Waals surface area (Å²) in [4.78, 5) is 4.65. The Morgan fingerprint density at radius 2 is 0.759 bits per heavy atom. The Labute approximate surface area is 343 Å². The van der Waals surface area contributed by atoms with Crippen LogP contribution < -0.4 is 9.80 Å². The van der Waals surface area contributed by atoms with Gasteiger partial charge in [-0.3, -0.25) is 0 Å². The number of benzene rings is 8. The lowest BCUT2D eigenvalue weighted by atomic mass is 10.0. The molecule has 8 aromatic carbocycles. The topological polar surface area (TPSA) is 6.48 Å². The van der Waals surface area contributed by atoms with Crippen LogP contribution in [0.15, 0.2) is 237 Å². The second-order valence-electron chi connectivity index (χ2n) is 14.3. The number of nitrogens with zero attached hydrogens (tertiary/aromatic N) is 2. The molecule has 58 heavy (non-hydrogen) atoms. The molecule has 8 rings (SSSR count). The van der Waals surface area contributed by atoms with Gasteiger partial charge in [0.15, 0.2) is 0 Å². The molecule has 0 heterocycles. The van der Waals surface area contributed by atoms with E-state index in [0.29, 0.717) is 0 Å². The van der Waals surface area contributed by atoms with Crippen molar-refractivity contribution < 1.29 is 0 Å². The molecule has 0 aromatic heterocycles. The van der Waals surface area contributed by atoms with E-state index in [9.17, 15) is 0 Å². The largest absolute Gasteiger partial charge is 0.311 e. The van der Waals surface area contributed by atoms with Crippen LogP contribution >= 0.6 is 0 Å². The monoisotopic (exact) mass is 746 g/mol. The minimum atomic E-state index is 1.08. The molecule has 0 spiro atoms. The molecule has 0 aliphatic rings. The van der Waals surface area contributed by atoms with Crippen molar-refractivity contribution in [2.24, 2.45) is 0 Å². The van der Waals surface area contributed by atoms with E-state index in [1.54, 1.807) is 0 Å². The van der Waals surface area contributed by atoms with Gasteiger partial charge in [0, 0.05) is 34.1 Å². The van der Waals surface area contributed by atoms with E-state index < -0.39 is 0 Å². The second kappa shape index (κ2) is 17.6. The van der Waals surface area contributed by atoms with Gasteiger partial charge in [0.1, 0.15) is 0 Å². The van der Waals surface area contributed by atoms with E-state index in [4.69, 9.17) is 0 Å². The van der Waals surface area contributed by atoms with E-state index in [1.165, 1.54) is 27.8 Å². The molecule has 0 aliphatic carbocycles. The summed E-state index contributed by atoms with van der Waals surface area (Å²) in [5.74, 6) is 0. The van der Waals surface area contributed by atoms with Gasteiger partial charge in [-0.15, -0.1) is 0 Å². The van der Waals surface area contributed by atoms with Crippen molar-refractivity contribution in [3.63, 3.8) is 0 Å². The summed E-state index contributed by atoms with van der Waals surface area (Å²) in [6.07, 6.45) is 8.06. The molecule has 0 bridgehead atoms. The van der Waals surface area contributed by atoms with Crippen LogP contribution in [0.1, 0.15) is 18.1 Å². The highest BCUT2D eigenvalue weighted by molar-refractivity contribution is 5.83. The summed E-state index contributed by atoms with van der Waals surface area (Å²) in [5.41, 5.74) is 17.2. The molecule has 0 saturated carbocycles. The third-order valence-corrected chi connectivity index (χ3v) is 10.4. The first-order valence-corrected chi connectivity index (χ1v) is 19.8. The molecule has 0 atom stereocenters. The molecule has 0 aliphatic heterocycles. The molecular weight excluding hydrogens is 701 g/mol. The highest BCUT2D eigenvalue weighted by atomic mass is 15.1. The fourth-order valence-corrected chi connectivity index (χ4v) is 7.49. The molecule has 0 N–H and O–H groups in total. The number of aryl methyl sites for hydroxylation is 1. The first kappa shape index (κ1) is 37.5. The van der Waals surface area contributed by atoms with Crippen LogP contribution in [0.4, 0.5) is 34.1 Å². The first-order chi connectivity index (χ1) is 28.6. The smallest absolute Gasteiger partial charge is 0.0464 e. The molecule has 0 unspecified atom stereocenters. The Bertz CT molecular complexity index is 2640. The predicted molar refractivity (Wildman–Crippen MR) is 250 cm³/mol. The number of hydrogen-bond donors (Lipinski definition) is 0. The zero-order valence-electron chi connectivity index (χ0n) is 33.0. The maximum Gasteiger partial charge on any atom is 0.0464 e. The standard InChI is InChI=1S/C56H46N2/c1-4-13-43(14-5-2)46-21-31-51(32-22-46)57(52-33-23-47(24-34-52)44-16-8-6-9-17-44)53-35-27-49(28-36-53)50-29-39-55(40-30-50)58(56-20-12-15-42(3)41-56)54-37-25-48(26-38-54)45-18-10-7-11-19-45/h4-41H,1H2,2-3H3/b14-5-,43-13+. The van der Waals surface area contributed by atoms with Gasteiger partial charge in [-0.25, -0.2) is 0 Å². The van der Waals surface area contributed by atoms with Crippen LogP contribution in [0.3, 0.4) is 0 Å². The summed E-state index contributed by atoms with van der Waals surface area (Å²) in [7, 11) is 0. The van der Waals surface area contributed by atoms with Gasteiger partial charge in [-0.1, -0.05) is 164 Å². The number of hydrogen-bond acceptors (Lipinski definition) is 2. The Kier molecular flexibility index (Phi) is 11.4. The number of rotatable bonds is 12. The molecule has 0 saturated heterocycles. The average molecular weight is 747 g/mol. The molecule has 280 valence electrons. The van der Waals surface area contributed by atoms with Crippen molar-refractivity contribution in [3.05, 3.63) is 248 Å². The van der Waals surface area contributed by atoms with E-state index in [-0.39, 0.29) is 0 Å². The molecule has 0 fully saturated rings.